The van der Waals surface area contributed by atoms with Gasteiger partial charge < -0.3 is 25.4 Å². The van der Waals surface area contributed by atoms with E-state index < -0.39 is 16.5 Å². The van der Waals surface area contributed by atoms with Crippen molar-refractivity contribution in [2.24, 2.45) is 5.73 Å². The largest absolute Gasteiger partial charge is 0.490 e. The van der Waals surface area contributed by atoms with Crippen LogP contribution in [-0.2, 0) is 11.0 Å². The quantitative estimate of drug-likeness (QED) is 0.636. The van der Waals surface area contributed by atoms with E-state index in [1.807, 2.05) is 19.9 Å². The van der Waals surface area contributed by atoms with Crippen LogP contribution >= 0.6 is 0 Å². The number of amides is 1. The number of nitrogens with zero attached hydrogens (tertiary/aromatic N) is 2. The number of fused-ring (bicyclic) bond motifs is 1. The number of ether oxygens (including phenoxy) is 1. The highest BCUT2D eigenvalue weighted by atomic mass is 32.2. The maximum atomic E-state index is 12.9. The Hall–Kier alpha value is -3.07. The minimum atomic E-state index is -1.35. The van der Waals surface area contributed by atoms with Gasteiger partial charge in [0, 0.05) is 30.3 Å². The summed E-state index contributed by atoms with van der Waals surface area (Å²) in [6, 6.07) is 8.96. The third-order valence-corrected chi connectivity index (χ3v) is 6.13. The molecule has 1 aromatic carbocycles. The molecule has 164 valence electrons. The number of hydrogen-bond donors (Lipinski definition) is 3. The monoisotopic (exact) mass is 441 g/mol. The number of benzene rings is 1. The molecule has 2 aromatic rings. The van der Waals surface area contributed by atoms with Crippen LogP contribution in [0.5, 0.6) is 5.75 Å². The Morgan fingerprint density at radius 3 is 2.87 bits per heavy atom. The summed E-state index contributed by atoms with van der Waals surface area (Å²) in [5, 5.41) is 4.49. The van der Waals surface area contributed by atoms with Crippen molar-refractivity contribution in [2.75, 3.05) is 29.3 Å². The second kappa shape index (κ2) is 8.58. The van der Waals surface area contributed by atoms with Crippen LogP contribution in [0.4, 0.5) is 11.5 Å². The van der Waals surface area contributed by atoms with Crippen molar-refractivity contribution in [3.8, 4) is 5.75 Å². The van der Waals surface area contributed by atoms with Crippen LogP contribution in [0.3, 0.4) is 0 Å². The highest BCUT2D eigenvalue weighted by molar-refractivity contribution is 7.89. The van der Waals surface area contributed by atoms with Gasteiger partial charge in [0.15, 0.2) is 0 Å². The summed E-state index contributed by atoms with van der Waals surface area (Å²) in [7, 11) is -1.35. The topological polar surface area (TPSA) is 110 Å². The highest BCUT2D eigenvalue weighted by Gasteiger charge is 2.25. The van der Waals surface area contributed by atoms with E-state index in [4.69, 9.17) is 10.5 Å². The number of carbonyl (C=O) groups excluding carboxylic acids is 1. The highest BCUT2D eigenvalue weighted by Crippen LogP contribution is 2.34. The molecule has 0 spiro atoms. The number of aromatic nitrogens is 1. The first-order valence-electron chi connectivity index (χ1n) is 10.3. The maximum absolute atomic E-state index is 12.9. The number of nitrogens with one attached hydrogen (secondary N) is 2. The number of hydrogen-bond acceptors (Lipinski definition) is 6. The number of rotatable bonds is 6. The number of anilines is 2. The fourth-order valence-electron chi connectivity index (χ4n) is 3.70. The SMILES string of the molecule is CC(C)(COc1cccc2c1C(N)=CS(=O)N2)NC(=O)c1ccnc(N2CCCC2)c1. The van der Waals surface area contributed by atoms with E-state index in [2.05, 4.69) is 19.9 Å². The standard InChI is InChI=1S/C22H27N5O3S/c1-22(2,14-30-18-7-5-6-17-20(18)16(23)13-31(29)26-17)25-21(28)15-8-9-24-19(12-15)27-10-3-4-11-27/h5-9,12-13,26H,3-4,10-11,14,23H2,1-2H3,(H,25,28). The van der Waals surface area contributed by atoms with Gasteiger partial charge in [-0.1, -0.05) is 6.07 Å². The molecule has 1 unspecified atom stereocenters. The third kappa shape index (κ3) is 4.82. The van der Waals surface area contributed by atoms with Crippen LogP contribution in [0.15, 0.2) is 41.9 Å². The smallest absolute Gasteiger partial charge is 0.252 e. The van der Waals surface area contributed by atoms with Crippen molar-refractivity contribution in [1.82, 2.24) is 10.3 Å². The molecule has 0 saturated carbocycles. The lowest BCUT2D eigenvalue weighted by atomic mass is 10.1. The van der Waals surface area contributed by atoms with E-state index in [1.165, 1.54) is 5.41 Å². The first kappa shape index (κ1) is 21.2. The van der Waals surface area contributed by atoms with Crippen molar-refractivity contribution in [3.63, 3.8) is 0 Å². The predicted molar refractivity (Wildman–Crippen MR) is 123 cm³/mol. The van der Waals surface area contributed by atoms with Gasteiger partial charge >= 0.3 is 0 Å². The molecule has 1 saturated heterocycles. The zero-order chi connectivity index (χ0) is 22.0. The molecule has 1 fully saturated rings. The first-order valence-corrected chi connectivity index (χ1v) is 11.5. The normalized spacial score (nSPS) is 18.1. The molecule has 0 bridgehead atoms. The molecular weight excluding hydrogens is 414 g/mol. The van der Waals surface area contributed by atoms with Crippen LogP contribution in [0.1, 0.15) is 42.6 Å². The van der Waals surface area contributed by atoms with Crippen molar-refractivity contribution in [3.05, 3.63) is 53.1 Å². The average molecular weight is 442 g/mol. The van der Waals surface area contributed by atoms with Gasteiger partial charge in [-0.2, -0.15) is 0 Å². The minimum Gasteiger partial charge on any atom is -0.490 e. The Morgan fingerprint density at radius 2 is 2.10 bits per heavy atom. The van der Waals surface area contributed by atoms with Crippen LogP contribution in [0.25, 0.3) is 5.70 Å². The third-order valence-electron chi connectivity index (χ3n) is 5.24. The summed E-state index contributed by atoms with van der Waals surface area (Å²) < 4.78 is 20.7. The van der Waals surface area contributed by atoms with Crippen molar-refractivity contribution < 1.29 is 13.7 Å². The van der Waals surface area contributed by atoms with Crippen LogP contribution in [0, 0.1) is 0 Å². The fraction of sp³-hybridized carbons (Fsp3) is 0.364. The molecule has 3 heterocycles. The van der Waals surface area contributed by atoms with E-state index >= 15 is 0 Å². The Morgan fingerprint density at radius 1 is 1.32 bits per heavy atom. The van der Waals surface area contributed by atoms with E-state index in [9.17, 15) is 9.00 Å². The lowest BCUT2D eigenvalue weighted by Gasteiger charge is -2.28. The van der Waals surface area contributed by atoms with Gasteiger partial charge in [-0.15, -0.1) is 0 Å². The Bertz CT molecular complexity index is 1050. The van der Waals surface area contributed by atoms with Gasteiger partial charge in [-0.05, 0) is 51.0 Å². The zero-order valence-electron chi connectivity index (χ0n) is 17.7. The molecule has 0 aliphatic carbocycles. The number of carbonyl (C=O) groups is 1. The summed E-state index contributed by atoms with van der Waals surface area (Å²) in [4.78, 5) is 19.5. The van der Waals surface area contributed by atoms with Crippen LogP contribution < -0.4 is 25.4 Å². The Balaban J connectivity index is 1.43. The molecule has 1 atom stereocenters. The Kier molecular flexibility index (Phi) is 5.86. The molecule has 8 nitrogen and oxygen atoms in total. The van der Waals surface area contributed by atoms with Gasteiger partial charge in [0.1, 0.15) is 29.2 Å². The molecule has 2 aliphatic heterocycles. The second-order valence-electron chi connectivity index (χ2n) is 8.37. The maximum Gasteiger partial charge on any atom is 0.252 e. The predicted octanol–water partition coefficient (Wildman–Crippen LogP) is 2.62. The zero-order valence-corrected chi connectivity index (χ0v) is 18.5. The molecule has 9 heteroatoms. The van der Waals surface area contributed by atoms with Gasteiger partial charge in [0.2, 0.25) is 0 Å². The lowest BCUT2D eigenvalue weighted by Crippen LogP contribution is -2.48. The molecule has 1 aromatic heterocycles. The van der Waals surface area contributed by atoms with E-state index in [0.29, 0.717) is 28.3 Å². The summed E-state index contributed by atoms with van der Waals surface area (Å²) in [6.45, 7) is 5.97. The number of pyridine rings is 1. The molecule has 4 N–H and O–H groups in total. The molecule has 2 aliphatic rings. The Labute approximate surface area is 184 Å². The second-order valence-corrected chi connectivity index (χ2v) is 9.41. The molecule has 4 rings (SSSR count). The van der Waals surface area contributed by atoms with Gasteiger partial charge in [-0.3, -0.25) is 4.79 Å². The van der Waals surface area contributed by atoms with Crippen molar-refractivity contribution >= 4 is 34.1 Å². The van der Waals surface area contributed by atoms with Gasteiger partial charge in [-0.25, -0.2) is 9.19 Å². The van der Waals surface area contributed by atoms with Crippen molar-refractivity contribution in [1.29, 1.82) is 0 Å². The molecule has 1 amide bonds. The lowest BCUT2D eigenvalue weighted by molar-refractivity contribution is 0.0880. The van der Waals surface area contributed by atoms with Crippen LogP contribution in [0.2, 0.25) is 0 Å². The van der Waals surface area contributed by atoms with Crippen molar-refractivity contribution in [2.45, 2.75) is 32.2 Å². The first-order chi connectivity index (χ1) is 14.8. The summed E-state index contributed by atoms with van der Waals surface area (Å²) in [6.07, 6.45) is 3.97. The molecule has 0 radical (unpaired) electrons. The van der Waals surface area contributed by atoms with Crippen LogP contribution in [-0.4, -0.2) is 40.3 Å². The minimum absolute atomic E-state index is 0.178. The van der Waals surface area contributed by atoms with E-state index in [0.717, 1.165) is 31.7 Å². The van der Waals surface area contributed by atoms with E-state index in [1.54, 1.807) is 30.5 Å². The summed E-state index contributed by atoms with van der Waals surface area (Å²) in [5.41, 5.74) is 7.73. The summed E-state index contributed by atoms with van der Waals surface area (Å²) >= 11 is 0. The van der Waals surface area contributed by atoms with Gasteiger partial charge in [0.05, 0.1) is 22.5 Å². The van der Waals surface area contributed by atoms with E-state index in [-0.39, 0.29) is 12.5 Å². The fourth-order valence-corrected chi connectivity index (χ4v) is 4.49. The number of nitrogens with two attached hydrogens (primary N) is 1. The average Bonchev–Trinajstić information content (AvgIpc) is 3.26. The van der Waals surface area contributed by atoms with Gasteiger partial charge in [0.25, 0.3) is 5.91 Å². The molecule has 31 heavy (non-hydrogen) atoms. The molecular formula is C22H27N5O3S. The summed E-state index contributed by atoms with van der Waals surface area (Å²) in [5.74, 6) is 1.23.